The first-order valence-electron chi connectivity index (χ1n) is 12.0. The van der Waals surface area contributed by atoms with Crippen molar-refractivity contribution in [3.63, 3.8) is 0 Å². The molecular formula is C27H27ClO8. The highest BCUT2D eigenvalue weighted by Gasteiger charge is 2.35. The summed E-state index contributed by atoms with van der Waals surface area (Å²) in [6, 6.07) is 9.89. The van der Waals surface area contributed by atoms with Crippen LogP contribution < -0.4 is 19.6 Å². The normalized spacial score (nSPS) is 19.1. The van der Waals surface area contributed by atoms with E-state index in [0.29, 0.717) is 64.2 Å². The van der Waals surface area contributed by atoms with Crippen LogP contribution in [0.25, 0.3) is 22.3 Å². The molecule has 0 bridgehead atoms. The highest BCUT2D eigenvalue weighted by Crippen LogP contribution is 2.42. The molecule has 0 spiro atoms. The average Bonchev–Trinajstić information content (AvgIpc) is 3.66. The van der Waals surface area contributed by atoms with Crippen LogP contribution in [0, 0.1) is 11.8 Å². The van der Waals surface area contributed by atoms with Crippen LogP contribution in [0.5, 0.6) is 17.2 Å². The van der Waals surface area contributed by atoms with Gasteiger partial charge in [0.25, 0.3) is 0 Å². The van der Waals surface area contributed by atoms with Crippen molar-refractivity contribution >= 4 is 28.5 Å². The number of ether oxygens (including phenoxy) is 4. The molecule has 2 aliphatic carbocycles. The Bertz CT molecular complexity index is 1320. The Balaban J connectivity index is 1.41. The molecule has 0 unspecified atom stereocenters. The zero-order valence-corrected chi connectivity index (χ0v) is 20.6. The van der Waals surface area contributed by atoms with E-state index in [4.69, 9.17) is 40.1 Å². The van der Waals surface area contributed by atoms with E-state index in [-0.39, 0.29) is 36.4 Å². The van der Waals surface area contributed by atoms with Gasteiger partial charge in [0.2, 0.25) is 0 Å². The van der Waals surface area contributed by atoms with Crippen LogP contribution in [-0.2, 0) is 9.53 Å². The molecule has 8 nitrogen and oxygen atoms in total. The lowest BCUT2D eigenvalue weighted by Gasteiger charge is -2.32. The van der Waals surface area contributed by atoms with Crippen molar-refractivity contribution < 1.29 is 33.3 Å². The first kappa shape index (κ1) is 24.5. The van der Waals surface area contributed by atoms with Gasteiger partial charge in [-0.1, -0.05) is 17.7 Å². The van der Waals surface area contributed by atoms with Crippen LogP contribution in [0.4, 0.5) is 0 Å². The molecule has 2 aliphatic rings. The Morgan fingerprint density at radius 1 is 1.08 bits per heavy atom. The number of rotatable bonds is 11. The summed E-state index contributed by atoms with van der Waals surface area (Å²) >= 11 is 6.31. The minimum absolute atomic E-state index is 0.0804. The standard InChI is InChI=1S/C27H27ClO8/c1-32-24-11-19(23-12-21(29)18-3-2-4-20(28)26(18)36-23)22(13-25(24)35-14-15-5-6-15)34-8-7-33-17-9-16(10-17)27(30)31/h2-4,11-13,15-17H,5-10,14H2,1H3,(H,30,31)/t16-,17+. The van der Waals surface area contributed by atoms with Gasteiger partial charge in [-0.2, -0.15) is 0 Å². The first-order valence-corrected chi connectivity index (χ1v) is 12.4. The fourth-order valence-electron chi connectivity index (χ4n) is 4.16. The molecule has 5 rings (SSSR count). The summed E-state index contributed by atoms with van der Waals surface area (Å²) in [6.45, 7) is 1.09. The molecule has 0 aliphatic heterocycles. The number of aliphatic carboxylic acids is 1. The first-order chi connectivity index (χ1) is 17.4. The summed E-state index contributed by atoms with van der Waals surface area (Å²) < 4.78 is 29.4. The summed E-state index contributed by atoms with van der Waals surface area (Å²) in [6.07, 6.45) is 3.22. The molecule has 2 saturated carbocycles. The third-order valence-electron chi connectivity index (χ3n) is 6.55. The Labute approximate surface area is 212 Å². The molecule has 1 heterocycles. The van der Waals surface area contributed by atoms with Crippen molar-refractivity contribution in [2.75, 3.05) is 26.9 Å². The fourth-order valence-corrected chi connectivity index (χ4v) is 4.38. The molecule has 1 aromatic heterocycles. The quantitative estimate of drug-likeness (QED) is 0.349. The average molecular weight is 515 g/mol. The van der Waals surface area contributed by atoms with Gasteiger partial charge in [0.1, 0.15) is 18.1 Å². The van der Waals surface area contributed by atoms with Crippen molar-refractivity contribution in [2.45, 2.75) is 31.8 Å². The van der Waals surface area contributed by atoms with Gasteiger partial charge in [0.05, 0.1) is 48.3 Å². The molecule has 0 amide bonds. The Morgan fingerprint density at radius 3 is 2.61 bits per heavy atom. The SMILES string of the molecule is COc1cc(-c2cc(=O)c3cccc(Cl)c3o2)c(OCCO[C@H]2C[C@@H](C(=O)O)C2)cc1OCC1CC1. The number of carboxylic acids is 1. The number of fused-ring (bicyclic) bond motifs is 1. The van der Waals surface area contributed by atoms with Gasteiger partial charge >= 0.3 is 5.97 Å². The predicted octanol–water partition coefficient (Wildman–Crippen LogP) is 5.17. The summed E-state index contributed by atoms with van der Waals surface area (Å²) in [7, 11) is 1.55. The summed E-state index contributed by atoms with van der Waals surface area (Å²) in [5, 5.41) is 9.74. The van der Waals surface area contributed by atoms with E-state index in [0.717, 1.165) is 12.8 Å². The van der Waals surface area contributed by atoms with Gasteiger partial charge in [-0.05, 0) is 49.8 Å². The minimum atomic E-state index is -0.787. The van der Waals surface area contributed by atoms with E-state index in [1.165, 1.54) is 6.07 Å². The topological polar surface area (TPSA) is 104 Å². The lowest BCUT2D eigenvalue weighted by molar-refractivity contribution is -0.151. The number of hydrogen-bond acceptors (Lipinski definition) is 7. The molecule has 190 valence electrons. The monoisotopic (exact) mass is 514 g/mol. The van der Waals surface area contributed by atoms with Crippen molar-refractivity contribution in [3.05, 3.63) is 51.6 Å². The molecule has 0 atom stereocenters. The predicted molar refractivity (Wildman–Crippen MR) is 133 cm³/mol. The highest BCUT2D eigenvalue weighted by atomic mass is 35.5. The summed E-state index contributed by atoms with van der Waals surface area (Å²) in [5.74, 6) is 1.18. The molecule has 0 radical (unpaired) electrons. The molecule has 3 aromatic rings. The van der Waals surface area contributed by atoms with Gasteiger partial charge in [-0.25, -0.2) is 0 Å². The van der Waals surface area contributed by atoms with E-state index in [9.17, 15) is 9.59 Å². The van der Waals surface area contributed by atoms with Crippen molar-refractivity contribution in [1.29, 1.82) is 0 Å². The second-order valence-electron chi connectivity index (χ2n) is 9.19. The number of carbonyl (C=O) groups is 1. The van der Waals surface area contributed by atoms with E-state index >= 15 is 0 Å². The van der Waals surface area contributed by atoms with Gasteiger partial charge < -0.3 is 28.5 Å². The van der Waals surface area contributed by atoms with E-state index in [2.05, 4.69) is 0 Å². The molecular weight excluding hydrogens is 488 g/mol. The van der Waals surface area contributed by atoms with Crippen LogP contribution in [0.15, 0.2) is 45.6 Å². The summed E-state index contributed by atoms with van der Waals surface area (Å²) in [4.78, 5) is 23.8. The van der Waals surface area contributed by atoms with Crippen molar-refractivity contribution in [1.82, 2.24) is 0 Å². The molecule has 0 saturated heterocycles. The van der Waals surface area contributed by atoms with Crippen LogP contribution in [0.3, 0.4) is 0 Å². The zero-order chi connectivity index (χ0) is 25.2. The largest absolute Gasteiger partial charge is 0.493 e. The van der Waals surface area contributed by atoms with Gasteiger partial charge in [-0.15, -0.1) is 0 Å². The highest BCUT2D eigenvalue weighted by molar-refractivity contribution is 6.34. The Morgan fingerprint density at radius 2 is 1.89 bits per heavy atom. The van der Waals surface area contributed by atoms with Crippen molar-refractivity contribution in [2.24, 2.45) is 11.8 Å². The molecule has 9 heteroatoms. The van der Waals surface area contributed by atoms with Crippen LogP contribution in [-0.4, -0.2) is 44.1 Å². The lowest BCUT2D eigenvalue weighted by atomic mass is 9.82. The third-order valence-corrected chi connectivity index (χ3v) is 6.85. The van der Waals surface area contributed by atoms with Crippen LogP contribution in [0.1, 0.15) is 25.7 Å². The van der Waals surface area contributed by atoms with Gasteiger partial charge in [-0.3, -0.25) is 9.59 Å². The maximum Gasteiger partial charge on any atom is 0.306 e. The van der Waals surface area contributed by atoms with Gasteiger partial charge in [0, 0.05) is 12.1 Å². The number of halogens is 1. The fraction of sp³-hybridized carbons (Fsp3) is 0.407. The third kappa shape index (κ3) is 5.29. The number of benzene rings is 2. The lowest BCUT2D eigenvalue weighted by Crippen LogP contribution is -2.37. The van der Waals surface area contributed by atoms with E-state index in [1.54, 1.807) is 37.4 Å². The maximum atomic E-state index is 12.8. The Hall–Kier alpha value is -3.23. The number of methoxy groups -OCH3 is 1. The zero-order valence-electron chi connectivity index (χ0n) is 19.8. The smallest absolute Gasteiger partial charge is 0.306 e. The molecule has 1 N–H and O–H groups in total. The maximum absolute atomic E-state index is 12.8. The molecule has 36 heavy (non-hydrogen) atoms. The summed E-state index contributed by atoms with van der Waals surface area (Å²) in [5.41, 5.74) is 0.579. The van der Waals surface area contributed by atoms with E-state index in [1.807, 2.05) is 0 Å². The van der Waals surface area contributed by atoms with Crippen molar-refractivity contribution in [3.8, 4) is 28.6 Å². The second kappa shape index (κ2) is 10.4. The Kier molecular flexibility index (Phi) is 7.07. The number of carboxylic acid groups (broad SMARTS) is 1. The van der Waals surface area contributed by atoms with Crippen LogP contribution >= 0.6 is 11.6 Å². The molecule has 2 aromatic carbocycles. The minimum Gasteiger partial charge on any atom is -0.493 e. The van der Waals surface area contributed by atoms with E-state index < -0.39 is 5.97 Å². The second-order valence-corrected chi connectivity index (χ2v) is 9.60. The number of para-hydroxylation sites is 1. The molecule has 2 fully saturated rings. The number of hydrogen-bond donors (Lipinski definition) is 1. The van der Waals surface area contributed by atoms with Crippen LogP contribution in [0.2, 0.25) is 5.02 Å². The van der Waals surface area contributed by atoms with Gasteiger partial charge in [0.15, 0.2) is 22.5 Å².